The largest absolute Gasteiger partial charge is 0.465 e. The molecule has 146 valence electrons. The average Bonchev–Trinajstić information content (AvgIpc) is 2.63. The summed E-state index contributed by atoms with van der Waals surface area (Å²) in [6.07, 6.45) is 12.1. The third kappa shape index (κ3) is 10.5. The van der Waals surface area contributed by atoms with Gasteiger partial charge in [0.1, 0.15) is 0 Å². The molecule has 0 N–H and O–H groups in total. The van der Waals surface area contributed by atoms with Crippen molar-refractivity contribution in [3.8, 4) is 0 Å². The van der Waals surface area contributed by atoms with Crippen molar-refractivity contribution >= 4 is 27.6 Å². The molecule has 6 heteroatoms. The number of hydrogen-bond donors (Lipinski definition) is 0. The highest BCUT2D eigenvalue weighted by Gasteiger charge is 2.15. The molecule has 0 unspecified atom stereocenters. The molecule has 0 aliphatic heterocycles. The molecule has 0 radical (unpaired) electrons. The van der Waals surface area contributed by atoms with E-state index in [1.54, 1.807) is 18.2 Å². The molecule has 0 saturated carbocycles. The minimum atomic E-state index is -0.468. The molecule has 5 nitrogen and oxygen atoms in total. The Morgan fingerprint density at radius 3 is 2.04 bits per heavy atom. The molecule has 0 aliphatic carbocycles. The van der Waals surface area contributed by atoms with Gasteiger partial charge < -0.3 is 4.74 Å². The van der Waals surface area contributed by atoms with Gasteiger partial charge in [0.2, 0.25) is 0 Å². The maximum absolute atomic E-state index is 11.8. The molecule has 0 fully saturated rings. The predicted octanol–water partition coefficient (Wildman–Crippen LogP) is 5.98. The fourth-order valence-corrected chi connectivity index (χ4v) is 3.24. The van der Waals surface area contributed by atoms with Gasteiger partial charge in [0, 0.05) is 17.0 Å². The summed E-state index contributed by atoms with van der Waals surface area (Å²) in [5.74, 6) is -0.400. The monoisotopic (exact) mass is 427 g/mol. The summed E-state index contributed by atoms with van der Waals surface area (Å²) in [7, 11) is 0. The minimum Gasteiger partial charge on any atom is -0.465 e. The molecule has 26 heavy (non-hydrogen) atoms. The van der Waals surface area contributed by atoms with E-state index in [0.29, 0.717) is 12.2 Å². The zero-order valence-electron chi connectivity index (χ0n) is 15.5. The molecule has 0 aliphatic rings. The molecular formula is C20H30BrNO4. The highest BCUT2D eigenvalue weighted by molar-refractivity contribution is 9.09. The topological polar surface area (TPSA) is 69.4 Å². The van der Waals surface area contributed by atoms with Gasteiger partial charge in [-0.1, -0.05) is 85.5 Å². The van der Waals surface area contributed by atoms with Crippen molar-refractivity contribution in [2.75, 3.05) is 11.9 Å². The lowest BCUT2D eigenvalue weighted by Gasteiger charge is -2.06. The lowest BCUT2D eigenvalue weighted by atomic mass is 10.1. The molecular weight excluding hydrogens is 398 g/mol. The number of carbonyl (C=O) groups is 1. The van der Waals surface area contributed by atoms with Crippen molar-refractivity contribution in [2.24, 2.45) is 0 Å². The third-order valence-electron chi connectivity index (χ3n) is 4.31. The summed E-state index contributed by atoms with van der Waals surface area (Å²) in [4.78, 5) is 22.3. The van der Waals surface area contributed by atoms with Crippen molar-refractivity contribution in [1.29, 1.82) is 0 Å². The Morgan fingerprint density at radius 1 is 0.923 bits per heavy atom. The Bertz CT molecular complexity index is 536. The molecule has 0 saturated heterocycles. The zero-order valence-corrected chi connectivity index (χ0v) is 17.0. The van der Waals surface area contributed by atoms with E-state index in [-0.39, 0.29) is 12.1 Å². The first-order valence-electron chi connectivity index (χ1n) is 9.59. The summed E-state index contributed by atoms with van der Waals surface area (Å²) < 4.78 is 5.20. The van der Waals surface area contributed by atoms with Crippen molar-refractivity contribution in [3.63, 3.8) is 0 Å². The highest BCUT2D eigenvalue weighted by atomic mass is 79.9. The fourth-order valence-electron chi connectivity index (χ4n) is 2.84. The number of benzene rings is 1. The molecule has 0 atom stereocenters. The number of carbonyl (C=O) groups excluding carboxylic acids is 1. The number of alkyl halides is 1. The Morgan fingerprint density at radius 2 is 1.46 bits per heavy atom. The lowest BCUT2D eigenvalue weighted by molar-refractivity contribution is -0.385. The van der Waals surface area contributed by atoms with Crippen LogP contribution >= 0.6 is 15.9 Å². The number of ether oxygens (including phenoxy) is 1. The van der Waals surface area contributed by atoms with Gasteiger partial charge in [-0.25, -0.2) is 0 Å². The summed E-state index contributed by atoms with van der Waals surface area (Å²) in [6.45, 7) is 0.395. The second-order valence-electron chi connectivity index (χ2n) is 6.51. The van der Waals surface area contributed by atoms with Crippen LogP contribution in [0.15, 0.2) is 24.3 Å². The average molecular weight is 428 g/mol. The van der Waals surface area contributed by atoms with E-state index in [1.807, 2.05) is 0 Å². The van der Waals surface area contributed by atoms with E-state index < -0.39 is 10.9 Å². The van der Waals surface area contributed by atoms with Gasteiger partial charge in [0.15, 0.2) is 0 Å². The van der Waals surface area contributed by atoms with Crippen LogP contribution in [0.1, 0.15) is 69.8 Å². The number of unbranched alkanes of at least 4 members (excludes halogenated alkanes) is 9. The van der Waals surface area contributed by atoms with Crippen LogP contribution in [0.25, 0.3) is 0 Å². The molecule has 0 aromatic heterocycles. The number of nitro groups is 1. The fraction of sp³-hybridized carbons (Fsp3) is 0.650. The molecule has 0 spiro atoms. The number of rotatable bonds is 15. The quantitative estimate of drug-likeness (QED) is 0.113. The van der Waals surface area contributed by atoms with E-state index in [0.717, 1.165) is 18.2 Å². The number of hydrogen-bond acceptors (Lipinski definition) is 4. The predicted molar refractivity (Wildman–Crippen MR) is 108 cm³/mol. The maximum atomic E-state index is 11.8. The van der Waals surface area contributed by atoms with Crippen LogP contribution in [0.5, 0.6) is 0 Å². The minimum absolute atomic E-state index is 0.0309. The van der Waals surface area contributed by atoms with Crippen molar-refractivity contribution in [3.05, 3.63) is 39.9 Å². The first-order chi connectivity index (χ1) is 12.6. The number of esters is 1. The molecule has 0 amide bonds. The lowest BCUT2D eigenvalue weighted by Crippen LogP contribution is -2.10. The number of halogens is 1. The summed E-state index contributed by atoms with van der Waals surface area (Å²) in [5.41, 5.74) is 0.371. The SMILES string of the molecule is O=C(Cc1ccccc1[N+](=O)[O-])OCCCCCCCCCCCCBr. The van der Waals surface area contributed by atoms with E-state index in [9.17, 15) is 14.9 Å². The number of nitrogens with zero attached hydrogens (tertiary/aromatic N) is 1. The van der Waals surface area contributed by atoms with E-state index in [2.05, 4.69) is 15.9 Å². The second kappa shape index (κ2) is 14.7. The molecule has 1 aromatic carbocycles. The first kappa shape index (κ1) is 22.6. The van der Waals surface area contributed by atoms with Gasteiger partial charge in [-0.3, -0.25) is 14.9 Å². The Labute approximate surface area is 164 Å². The number of para-hydroxylation sites is 1. The van der Waals surface area contributed by atoms with Gasteiger partial charge in [-0.05, 0) is 12.8 Å². The van der Waals surface area contributed by atoms with Gasteiger partial charge in [-0.15, -0.1) is 0 Å². The third-order valence-corrected chi connectivity index (χ3v) is 4.87. The number of nitro benzene ring substituents is 1. The first-order valence-corrected chi connectivity index (χ1v) is 10.7. The maximum Gasteiger partial charge on any atom is 0.310 e. The summed E-state index contributed by atoms with van der Waals surface area (Å²) in [6, 6.07) is 6.29. The highest BCUT2D eigenvalue weighted by Crippen LogP contribution is 2.18. The van der Waals surface area contributed by atoms with E-state index >= 15 is 0 Å². The van der Waals surface area contributed by atoms with Crippen molar-refractivity contribution in [2.45, 2.75) is 70.6 Å². The van der Waals surface area contributed by atoms with Crippen molar-refractivity contribution in [1.82, 2.24) is 0 Å². The van der Waals surface area contributed by atoms with Crippen LogP contribution in [0.4, 0.5) is 5.69 Å². The van der Waals surface area contributed by atoms with Crippen molar-refractivity contribution < 1.29 is 14.5 Å². The smallest absolute Gasteiger partial charge is 0.310 e. The molecule has 1 aromatic rings. The van der Waals surface area contributed by atoms with Crippen LogP contribution in [0.3, 0.4) is 0 Å². The molecule has 0 bridgehead atoms. The van der Waals surface area contributed by atoms with Crippen LogP contribution in [-0.4, -0.2) is 22.8 Å². The Balaban J connectivity index is 2.01. The normalized spacial score (nSPS) is 10.7. The van der Waals surface area contributed by atoms with Crippen LogP contribution in [0, 0.1) is 10.1 Å². The standard InChI is InChI=1S/C20H30BrNO4/c21-15-11-7-5-3-1-2-4-6-8-12-16-26-20(23)17-18-13-9-10-14-19(18)22(24)25/h9-10,13-14H,1-8,11-12,15-17H2. The molecule has 1 rings (SSSR count). The van der Waals surface area contributed by atoms with Gasteiger partial charge >= 0.3 is 5.97 Å². The van der Waals surface area contributed by atoms with Gasteiger partial charge in [0.05, 0.1) is 18.0 Å². The van der Waals surface area contributed by atoms with Crippen LogP contribution in [0.2, 0.25) is 0 Å². The van der Waals surface area contributed by atoms with Gasteiger partial charge in [-0.2, -0.15) is 0 Å². The van der Waals surface area contributed by atoms with Crippen LogP contribution in [-0.2, 0) is 16.0 Å². The summed E-state index contributed by atoms with van der Waals surface area (Å²) in [5, 5.41) is 12.0. The summed E-state index contributed by atoms with van der Waals surface area (Å²) >= 11 is 3.45. The zero-order chi connectivity index (χ0) is 19.0. The Kier molecular flexibility index (Phi) is 12.8. The van der Waals surface area contributed by atoms with E-state index in [4.69, 9.17) is 4.74 Å². The second-order valence-corrected chi connectivity index (χ2v) is 7.30. The Hall–Kier alpha value is -1.43. The van der Waals surface area contributed by atoms with E-state index in [1.165, 1.54) is 57.4 Å². The van der Waals surface area contributed by atoms with Gasteiger partial charge in [0.25, 0.3) is 5.69 Å². The van der Waals surface area contributed by atoms with Crippen LogP contribution < -0.4 is 0 Å². The molecule has 0 heterocycles.